The van der Waals surface area contributed by atoms with E-state index in [-0.39, 0.29) is 24.8 Å². The lowest BCUT2D eigenvalue weighted by molar-refractivity contribution is 0.0957. The second kappa shape index (κ2) is 6.03. The van der Waals surface area contributed by atoms with Gasteiger partial charge in [-0.2, -0.15) is 0 Å². The lowest BCUT2D eigenvalue weighted by atomic mass is 10.0. The maximum Gasteiger partial charge on any atom is 0.0119 e. The maximum atomic E-state index is 3.39. The highest BCUT2D eigenvalue weighted by Gasteiger charge is 2.24. The molecule has 2 nitrogen and oxygen atoms in total. The number of hydrogen-bond donors (Lipinski definition) is 1. The lowest BCUT2D eigenvalue weighted by Gasteiger charge is -2.40. The maximum absolute atomic E-state index is 3.39. The van der Waals surface area contributed by atoms with Crippen LogP contribution in [0.25, 0.3) is 0 Å². The molecule has 2 saturated heterocycles. The van der Waals surface area contributed by atoms with Crippen LogP contribution in [0, 0.1) is 0 Å². The van der Waals surface area contributed by atoms with Crippen LogP contribution in [-0.4, -0.2) is 37.1 Å². The highest BCUT2D eigenvalue weighted by molar-refractivity contribution is 5.85. The molecule has 12 heavy (non-hydrogen) atoms. The molecule has 0 spiro atoms. The summed E-state index contributed by atoms with van der Waals surface area (Å²) in [6.45, 7) is 5.21. The van der Waals surface area contributed by atoms with Crippen molar-refractivity contribution in [3.63, 3.8) is 0 Å². The van der Waals surface area contributed by atoms with Gasteiger partial charge in [-0.3, -0.25) is 0 Å². The Hall–Kier alpha value is 0.500. The normalized spacial score (nSPS) is 25.0. The molecule has 2 heterocycles. The molecule has 4 heteroatoms. The third-order valence-electron chi connectivity index (χ3n) is 2.72. The standard InChI is InChI=1S/C8H16N2.2ClH/c1-6-10(7-1)8-2-4-9-5-3-8;;/h8-9H,1-7H2;2*1H. The number of piperidine rings is 1. The second-order valence-corrected chi connectivity index (χ2v) is 3.37. The Morgan fingerprint density at radius 3 is 2.00 bits per heavy atom. The molecule has 0 aromatic heterocycles. The summed E-state index contributed by atoms with van der Waals surface area (Å²) in [6, 6.07) is 0.926. The molecule has 0 amide bonds. The van der Waals surface area contributed by atoms with E-state index in [1.165, 1.54) is 45.4 Å². The van der Waals surface area contributed by atoms with Crippen molar-refractivity contribution >= 4 is 24.8 Å². The average Bonchev–Trinajstić information content (AvgIpc) is 1.86. The van der Waals surface area contributed by atoms with Crippen LogP contribution in [0.2, 0.25) is 0 Å². The Kier molecular flexibility index (Phi) is 6.28. The molecule has 0 aromatic rings. The fraction of sp³-hybridized carbons (Fsp3) is 1.00. The van der Waals surface area contributed by atoms with Gasteiger partial charge in [0.2, 0.25) is 0 Å². The summed E-state index contributed by atoms with van der Waals surface area (Å²) in [5, 5.41) is 3.39. The van der Waals surface area contributed by atoms with Crippen molar-refractivity contribution in [3.05, 3.63) is 0 Å². The Morgan fingerprint density at radius 2 is 1.58 bits per heavy atom. The van der Waals surface area contributed by atoms with E-state index >= 15 is 0 Å². The quantitative estimate of drug-likeness (QED) is 0.706. The Bertz CT molecular complexity index is 112. The minimum absolute atomic E-state index is 0. The van der Waals surface area contributed by atoms with Crippen molar-refractivity contribution in [1.29, 1.82) is 0 Å². The van der Waals surface area contributed by atoms with Crippen LogP contribution in [-0.2, 0) is 0 Å². The molecule has 0 atom stereocenters. The molecule has 2 rings (SSSR count). The van der Waals surface area contributed by atoms with E-state index in [2.05, 4.69) is 10.2 Å². The molecule has 2 fully saturated rings. The number of likely N-dealkylation sites (tertiary alicyclic amines) is 1. The van der Waals surface area contributed by atoms with Gasteiger partial charge in [-0.15, -0.1) is 24.8 Å². The van der Waals surface area contributed by atoms with Crippen LogP contribution in [0.5, 0.6) is 0 Å². The molecule has 74 valence electrons. The summed E-state index contributed by atoms with van der Waals surface area (Å²) < 4.78 is 0. The monoisotopic (exact) mass is 212 g/mol. The van der Waals surface area contributed by atoms with Crippen LogP contribution in [0.15, 0.2) is 0 Å². The zero-order chi connectivity index (χ0) is 6.81. The molecule has 0 saturated carbocycles. The molecule has 1 N–H and O–H groups in total. The minimum atomic E-state index is 0. The number of nitrogens with zero attached hydrogens (tertiary/aromatic N) is 1. The molecule has 2 aliphatic rings. The first-order valence-electron chi connectivity index (χ1n) is 4.41. The van der Waals surface area contributed by atoms with Gasteiger partial charge in [-0.1, -0.05) is 0 Å². The molecule has 0 aromatic carbocycles. The second-order valence-electron chi connectivity index (χ2n) is 3.37. The first kappa shape index (κ1) is 12.5. The van der Waals surface area contributed by atoms with Crippen molar-refractivity contribution < 1.29 is 0 Å². The van der Waals surface area contributed by atoms with Crippen LogP contribution in [0.1, 0.15) is 19.3 Å². The Labute approximate surface area is 86.9 Å². The third-order valence-corrected chi connectivity index (χ3v) is 2.72. The number of nitrogens with one attached hydrogen (secondary N) is 1. The molecule has 0 aliphatic carbocycles. The molecular formula is C8H18Cl2N2. The Morgan fingerprint density at radius 1 is 1.00 bits per heavy atom. The van der Waals surface area contributed by atoms with Gasteiger partial charge in [0.25, 0.3) is 0 Å². The number of halogens is 2. The van der Waals surface area contributed by atoms with Gasteiger partial charge in [-0.05, 0) is 45.4 Å². The fourth-order valence-corrected chi connectivity index (χ4v) is 1.88. The lowest BCUT2D eigenvalue weighted by Crippen LogP contribution is -2.49. The highest BCUT2D eigenvalue weighted by Crippen LogP contribution is 2.17. The van der Waals surface area contributed by atoms with Gasteiger partial charge in [0.1, 0.15) is 0 Å². The summed E-state index contributed by atoms with van der Waals surface area (Å²) in [5.41, 5.74) is 0. The van der Waals surface area contributed by atoms with E-state index in [0.29, 0.717) is 0 Å². The number of hydrogen-bond acceptors (Lipinski definition) is 2. The molecule has 0 unspecified atom stereocenters. The highest BCUT2D eigenvalue weighted by atomic mass is 35.5. The smallest absolute Gasteiger partial charge is 0.0119 e. The van der Waals surface area contributed by atoms with Crippen LogP contribution < -0.4 is 5.32 Å². The van der Waals surface area contributed by atoms with Crippen LogP contribution in [0.4, 0.5) is 0 Å². The average molecular weight is 213 g/mol. The minimum Gasteiger partial charge on any atom is -0.317 e. The number of rotatable bonds is 1. The molecular weight excluding hydrogens is 195 g/mol. The van der Waals surface area contributed by atoms with Gasteiger partial charge < -0.3 is 10.2 Å². The van der Waals surface area contributed by atoms with Crippen molar-refractivity contribution in [1.82, 2.24) is 10.2 Å². The van der Waals surface area contributed by atoms with Crippen molar-refractivity contribution in [2.75, 3.05) is 26.2 Å². The SMILES string of the molecule is C1CN(C2CCNCC2)C1.Cl.Cl. The van der Waals surface area contributed by atoms with E-state index < -0.39 is 0 Å². The van der Waals surface area contributed by atoms with Crippen molar-refractivity contribution in [2.45, 2.75) is 25.3 Å². The predicted molar refractivity (Wildman–Crippen MR) is 56.6 cm³/mol. The van der Waals surface area contributed by atoms with E-state index in [0.717, 1.165) is 6.04 Å². The summed E-state index contributed by atoms with van der Waals surface area (Å²) in [4.78, 5) is 2.63. The molecule has 2 aliphatic heterocycles. The van der Waals surface area contributed by atoms with Gasteiger partial charge in [-0.25, -0.2) is 0 Å². The van der Waals surface area contributed by atoms with Gasteiger partial charge in [0.15, 0.2) is 0 Å². The van der Waals surface area contributed by atoms with E-state index in [4.69, 9.17) is 0 Å². The summed E-state index contributed by atoms with van der Waals surface area (Å²) >= 11 is 0. The van der Waals surface area contributed by atoms with Gasteiger partial charge >= 0.3 is 0 Å². The van der Waals surface area contributed by atoms with Crippen molar-refractivity contribution in [2.24, 2.45) is 0 Å². The van der Waals surface area contributed by atoms with E-state index in [1.807, 2.05) is 0 Å². The predicted octanol–water partition coefficient (Wildman–Crippen LogP) is 1.29. The van der Waals surface area contributed by atoms with Crippen molar-refractivity contribution in [3.8, 4) is 0 Å². The van der Waals surface area contributed by atoms with Crippen LogP contribution in [0.3, 0.4) is 0 Å². The molecule has 0 radical (unpaired) electrons. The summed E-state index contributed by atoms with van der Waals surface area (Å²) in [7, 11) is 0. The first-order chi connectivity index (χ1) is 4.97. The van der Waals surface area contributed by atoms with Crippen LogP contribution >= 0.6 is 24.8 Å². The van der Waals surface area contributed by atoms with E-state index in [9.17, 15) is 0 Å². The summed E-state index contributed by atoms with van der Waals surface area (Å²) in [6.07, 6.45) is 4.18. The Balaban J connectivity index is 0.000000605. The third kappa shape index (κ3) is 2.77. The van der Waals surface area contributed by atoms with E-state index in [1.54, 1.807) is 0 Å². The topological polar surface area (TPSA) is 15.3 Å². The van der Waals surface area contributed by atoms with Gasteiger partial charge in [0, 0.05) is 6.04 Å². The zero-order valence-corrected chi connectivity index (χ0v) is 8.92. The largest absolute Gasteiger partial charge is 0.317 e. The van der Waals surface area contributed by atoms with Gasteiger partial charge in [0.05, 0.1) is 0 Å². The first-order valence-corrected chi connectivity index (χ1v) is 4.41. The molecule has 0 bridgehead atoms. The fourth-order valence-electron chi connectivity index (χ4n) is 1.88. The summed E-state index contributed by atoms with van der Waals surface area (Å²) in [5.74, 6) is 0. The zero-order valence-electron chi connectivity index (χ0n) is 7.29.